The molecule has 1 aromatic carbocycles. The molecule has 0 aliphatic heterocycles. The van der Waals surface area contributed by atoms with Gasteiger partial charge in [0, 0.05) is 12.2 Å². The maximum atomic E-state index is 9.28. The molecule has 1 aromatic heterocycles. The van der Waals surface area contributed by atoms with Crippen LogP contribution in [0.15, 0.2) is 30.3 Å². The van der Waals surface area contributed by atoms with E-state index < -0.39 is 0 Å². The van der Waals surface area contributed by atoms with Crippen LogP contribution in [0.3, 0.4) is 0 Å². The lowest BCUT2D eigenvalue weighted by molar-refractivity contribution is 0.898. The second-order valence-electron chi connectivity index (χ2n) is 5.56. The summed E-state index contributed by atoms with van der Waals surface area (Å²) < 4.78 is 0. The third-order valence-electron chi connectivity index (χ3n) is 4.12. The molecule has 106 valence electrons. The molecule has 1 heterocycles. The molecule has 3 rings (SSSR count). The smallest absolute Gasteiger partial charge is 0.144 e. The van der Waals surface area contributed by atoms with Crippen LogP contribution in [-0.4, -0.2) is 11.5 Å². The summed E-state index contributed by atoms with van der Waals surface area (Å²) in [6.45, 7) is 2.93. The average molecular weight is 277 g/mol. The number of fused-ring (bicyclic) bond motifs is 1. The van der Waals surface area contributed by atoms with Crippen molar-refractivity contribution in [2.45, 2.75) is 32.6 Å². The summed E-state index contributed by atoms with van der Waals surface area (Å²) >= 11 is 0. The molecule has 0 bridgehead atoms. The van der Waals surface area contributed by atoms with Crippen molar-refractivity contribution in [3.63, 3.8) is 0 Å². The number of hydrogen-bond acceptors (Lipinski definition) is 3. The summed E-state index contributed by atoms with van der Waals surface area (Å²) in [4.78, 5) is 4.64. The zero-order valence-electron chi connectivity index (χ0n) is 12.3. The van der Waals surface area contributed by atoms with Crippen LogP contribution in [0.5, 0.6) is 0 Å². The maximum Gasteiger partial charge on any atom is 0.144 e. The predicted octanol–water partition coefficient (Wildman–Crippen LogP) is 3.41. The van der Waals surface area contributed by atoms with E-state index in [1.54, 1.807) is 0 Å². The number of nitriles is 1. The highest BCUT2D eigenvalue weighted by Crippen LogP contribution is 2.24. The SMILES string of the molecule is Cc1ccccc1CCNc1nc2c(cc1C#N)CCC2. The van der Waals surface area contributed by atoms with E-state index >= 15 is 0 Å². The normalized spacial score (nSPS) is 12.8. The molecule has 21 heavy (non-hydrogen) atoms. The van der Waals surface area contributed by atoms with E-state index in [0.29, 0.717) is 5.56 Å². The zero-order valence-corrected chi connectivity index (χ0v) is 12.3. The molecule has 0 unspecified atom stereocenters. The number of nitrogens with zero attached hydrogens (tertiary/aromatic N) is 2. The summed E-state index contributed by atoms with van der Waals surface area (Å²) in [7, 11) is 0. The van der Waals surface area contributed by atoms with E-state index in [2.05, 4.69) is 47.6 Å². The monoisotopic (exact) mass is 277 g/mol. The fraction of sp³-hybridized carbons (Fsp3) is 0.333. The lowest BCUT2D eigenvalue weighted by Gasteiger charge is -2.10. The molecule has 0 saturated carbocycles. The largest absolute Gasteiger partial charge is 0.369 e. The number of benzene rings is 1. The van der Waals surface area contributed by atoms with Gasteiger partial charge in [0.25, 0.3) is 0 Å². The Morgan fingerprint density at radius 2 is 2.14 bits per heavy atom. The first-order valence-corrected chi connectivity index (χ1v) is 7.49. The highest BCUT2D eigenvalue weighted by molar-refractivity contribution is 5.55. The van der Waals surface area contributed by atoms with E-state index in [1.807, 2.05) is 6.07 Å². The van der Waals surface area contributed by atoms with Gasteiger partial charge in [0.15, 0.2) is 0 Å². The number of aryl methyl sites for hydroxylation is 3. The molecule has 1 N–H and O–H groups in total. The summed E-state index contributed by atoms with van der Waals surface area (Å²) in [6.07, 6.45) is 4.18. The Morgan fingerprint density at radius 1 is 1.29 bits per heavy atom. The van der Waals surface area contributed by atoms with Gasteiger partial charge in [-0.25, -0.2) is 4.98 Å². The Labute approximate surface area is 125 Å². The Bertz CT molecular complexity index is 698. The van der Waals surface area contributed by atoms with Crippen molar-refractivity contribution in [2.75, 3.05) is 11.9 Å². The standard InChI is InChI=1S/C18H19N3/c1-13-5-2-3-6-14(13)9-10-20-18-16(12-19)11-15-7-4-8-17(15)21-18/h2-3,5-6,11H,4,7-10H2,1H3,(H,20,21). The first-order valence-electron chi connectivity index (χ1n) is 7.49. The highest BCUT2D eigenvalue weighted by Gasteiger charge is 2.16. The molecule has 3 nitrogen and oxygen atoms in total. The predicted molar refractivity (Wildman–Crippen MR) is 84.3 cm³/mol. The van der Waals surface area contributed by atoms with Crippen LogP contribution in [0.4, 0.5) is 5.82 Å². The number of pyridine rings is 1. The van der Waals surface area contributed by atoms with E-state index in [-0.39, 0.29) is 0 Å². The Morgan fingerprint density at radius 3 is 2.95 bits per heavy atom. The maximum absolute atomic E-state index is 9.28. The van der Waals surface area contributed by atoms with E-state index in [1.165, 1.54) is 16.7 Å². The molecule has 0 spiro atoms. The lowest BCUT2D eigenvalue weighted by atomic mass is 10.1. The molecule has 1 aliphatic carbocycles. The van der Waals surface area contributed by atoms with Gasteiger partial charge in [-0.1, -0.05) is 24.3 Å². The summed E-state index contributed by atoms with van der Waals surface area (Å²) in [5.74, 6) is 0.742. The van der Waals surface area contributed by atoms with E-state index in [0.717, 1.165) is 43.7 Å². The van der Waals surface area contributed by atoms with Gasteiger partial charge in [-0.2, -0.15) is 5.26 Å². The summed E-state index contributed by atoms with van der Waals surface area (Å²) in [5.41, 5.74) is 5.72. The first kappa shape index (κ1) is 13.6. The van der Waals surface area contributed by atoms with Gasteiger partial charge in [-0.15, -0.1) is 0 Å². The van der Waals surface area contributed by atoms with Crippen molar-refractivity contribution in [1.29, 1.82) is 5.26 Å². The van der Waals surface area contributed by atoms with Crippen molar-refractivity contribution < 1.29 is 0 Å². The van der Waals surface area contributed by atoms with Crippen LogP contribution in [0.25, 0.3) is 0 Å². The lowest BCUT2D eigenvalue weighted by Crippen LogP contribution is -2.09. The molecule has 0 radical (unpaired) electrons. The van der Waals surface area contributed by atoms with Gasteiger partial charge >= 0.3 is 0 Å². The number of anilines is 1. The van der Waals surface area contributed by atoms with Crippen LogP contribution in [0.1, 0.15) is 34.4 Å². The van der Waals surface area contributed by atoms with Crippen molar-refractivity contribution in [3.8, 4) is 6.07 Å². The van der Waals surface area contributed by atoms with Gasteiger partial charge in [0.1, 0.15) is 11.9 Å². The number of hydrogen-bond donors (Lipinski definition) is 1. The van der Waals surface area contributed by atoms with Crippen molar-refractivity contribution >= 4 is 5.82 Å². The van der Waals surface area contributed by atoms with Crippen LogP contribution >= 0.6 is 0 Å². The summed E-state index contributed by atoms with van der Waals surface area (Å²) in [5, 5.41) is 12.6. The molecule has 0 fully saturated rings. The van der Waals surface area contributed by atoms with Crippen LogP contribution in [0.2, 0.25) is 0 Å². The van der Waals surface area contributed by atoms with Crippen molar-refractivity contribution in [3.05, 3.63) is 58.3 Å². The van der Waals surface area contributed by atoms with Crippen LogP contribution in [-0.2, 0) is 19.3 Å². The van der Waals surface area contributed by atoms with Gasteiger partial charge in [-0.3, -0.25) is 0 Å². The molecule has 1 aliphatic rings. The molecule has 3 heteroatoms. The minimum Gasteiger partial charge on any atom is -0.369 e. The topological polar surface area (TPSA) is 48.7 Å². The fourth-order valence-electron chi connectivity index (χ4n) is 2.90. The molecule has 0 saturated heterocycles. The average Bonchev–Trinajstić information content (AvgIpc) is 2.95. The van der Waals surface area contributed by atoms with Gasteiger partial charge in [-0.05, 0) is 55.4 Å². The quantitative estimate of drug-likeness (QED) is 0.931. The second kappa shape index (κ2) is 5.97. The minimum absolute atomic E-state index is 0.667. The molecule has 2 aromatic rings. The van der Waals surface area contributed by atoms with Crippen LogP contribution in [0, 0.1) is 18.3 Å². The number of nitrogens with one attached hydrogen (secondary N) is 1. The van der Waals surface area contributed by atoms with Crippen molar-refractivity contribution in [2.24, 2.45) is 0 Å². The molecular formula is C18H19N3. The summed E-state index contributed by atoms with van der Waals surface area (Å²) in [6, 6.07) is 12.7. The van der Waals surface area contributed by atoms with Crippen molar-refractivity contribution in [1.82, 2.24) is 4.98 Å². The first-order chi connectivity index (χ1) is 10.3. The second-order valence-corrected chi connectivity index (χ2v) is 5.56. The fourth-order valence-corrected chi connectivity index (χ4v) is 2.90. The van der Waals surface area contributed by atoms with Gasteiger partial charge < -0.3 is 5.32 Å². The Hall–Kier alpha value is -2.34. The number of aromatic nitrogens is 1. The van der Waals surface area contributed by atoms with E-state index in [9.17, 15) is 5.26 Å². The molecule has 0 amide bonds. The minimum atomic E-state index is 0.667. The van der Waals surface area contributed by atoms with Gasteiger partial charge in [0.2, 0.25) is 0 Å². The van der Waals surface area contributed by atoms with Crippen LogP contribution < -0.4 is 5.32 Å². The highest BCUT2D eigenvalue weighted by atomic mass is 15.0. The third kappa shape index (κ3) is 2.90. The van der Waals surface area contributed by atoms with Gasteiger partial charge in [0.05, 0.1) is 5.56 Å². The third-order valence-corrected chi connectivity index (χ3v) is 4.12. The zero-order chi connectivity index (χ0) is 14.7. The number of rotatable bonds is 4. The molecule has 0 atom stereocenters. The molecular weight excluding hydrogens is 258 g/mol. The Kier molecular flexibility index (Phi) is 3.87. The van der Waals surface area contributed by atoms with E-state index in [4.69, 9.17) is 0 Å². The Balaban J connectivity index is 1.71.